The minimum atomic E-state index is 0.0352. The van der Waals surface area contributed by atoms with Gasteiger partial charge in [0.25, 0.3) is 0 Å². The van der Waals surface area contributed by atoms with E-state index in [1.54, 1.807) is 0 Å². The number of carbonyl (C=O) groups excluding carboxylic acids is 1. The third-order valence-electron chi connectivity index (χ3n) is 6.51. The van der Waals surface area contributed by atoms with Crippen LogP contribution in [0, 0.1) is 5.92 Å². The van der Waals surface area contributed by atoms with E-state index in [0.29, 0.717) is 5.91 Å². The van der Waals surface area contributed by atoms with E-state index in [9.17, 15) is 4.79 Å². The Balaban J connectivity index is 1.52. The van der Waals surface area contributed by atoms with Gasteiger partial charge < -0.3 is 9.80 Å². The molecule has 1 heterocycles. The van der Waals surface area contributed by atoms with Crippen molar-refractivity contribution in [1.82, 2.24) is 9.80 Å². The number of piperazine rings is 1. The summed E-state index contributed by atoms with van der Waals surface area (Å²) in [5.74, 6) is 0.372. The summed E-state index contributed by atoms with van der Waals surface area (Å²) < 4.78 is 0. The Kier molecular flexibility index (Phi) is 4.13. The van der Waals surface area contributed by atoms with Gasteiger partial charge in [-0.15, -0.1) is 0 Å². The molecule has 138 valence electrons. The van der Waals surface area contributed by atoms with E-state index in [-0.39, 0.29) is 5.92 Å². The van der Waals surface area contributed by atoms with E-state index < -0.39 is 0 Å². The first-order chi connectivity index (χ1) is 13.2. The first-order valence-electron chi connectivity index (χ1n) is 10.1. The second-order valence-electron chi connectivity index (χ2n) is 8.07. The summed E-state index contributed by atoms with van der Waals surface area (Å²) in [6.45, 7) is 3.68. The van der Waals surface area contributed by atoms with Crippen LogP contribution in [0.2, 0.25) is 0 Å². The van der Waals surface area contributed by atoms with Crippen LogP contribution in [0.1, 0.15) is 24.0 Å². The monoisotopic (exact) mass is 358 g/mol. The number of aryl methyl sites for hydroxylation is 1. The predicted molar refractivity (Wildman–Crippen MR) is 111 cm³/mol. The lowest BCUT2D eigenvalue weighted by Crippen LogP contribution is -2.49. The number of fused-ring (bicyclic) bond motifs is 4. The molecule has 3 heteroatoms. The van der Waals surface area contributed by atoms with Gasteiger partial charge in [-0.2, -0.15) is 0 Å². The standard InChI is InChI=1S/C24H26N2O/c1-25-13-15-26(16-14-25)24(27)23-8-4-7-19-21-10-9-17-5-2-3-6-18(17)20(21)11-12-22(19)23/h2-7,9-10,23H,8,11-16H2,1H3. The maximum Gasteiger partial charge on any atom is 0.230 e. The summed E-state index contributed by atoms with van der Waals surface area (Å²) in [4.78, 5) is 17.7. The maximum atomic E-state index is 13.3. The lowest BCUT2D eigenvalue weighted by atomic mass is 9.74. The summed E-state index contributed by atoms with van der Waals surface area (Å²) in [5.41, 5.74) is 5.45. The molecule has 0 spiro atoms. The van der Waals surface area contributed by atoms with Crippen molar-refractivity contribution in [3.63, 3.8) is 0 Å². The number of hydrogen-bond acceptors (Lipinski definition) is 2. The molecule has 5 rings (SSSR count). The van der Waals surface area contributed by atoms with Crippen LogP contribution in [0.5, 0.6) is 0 Å². The number of amides is 1. The molecule has 2 aromatic rings. The number of hydrogen-bond donors (Lipinski definition) is 0. The van der Waals surface area contributed by atoms with Gasteiger partial charge in [-0.25, -0.2) is 0 Å². The molecule has 1 fully saturated rings. The Labute approximate surface area is 161 Å². The third kappa shape index (κ3) is 2.81. The van der Waals surface area contributed by atoms with Crippen molar-refractivity contribution in [2.24, 2.45) is 5.92 Å². The van der Waals surface area contributed by atoms with Gasteiger partial charge in [0, 0.05) is 26.2 Å². The van der Waals surface area contributed by atoms with Crippen molar-refractivity contribution < 1.29 is 4.79 Å². The molecule has 0 saturated carbocycles. The Hall–Kier alpha value is -2.39. The molecule has 0 bridgehead atoms. The fourth-order valence-corrected chi connectivity index (χ4v) is 4.95. The molecule has 1 atom stereocenters. The predicted octanol–water partition coefficient (Wildman–Crippen LogP) is 3.89. The molecule has 0 radical (unpaired) electrons. The molecule has 3 nitrogen and oxygen atoms in total. The van der Waals surface area contributed by atoms with Gasteiger partial charge in [0.15, 0.2) is 0 Å². The van der Waals surface area contributed by atoms with Crippen LogP contribution in [0.3, 0.4) is 0 Å². The molecular formula is C24H26N2O. The number of rotatable bonds is 1. The van der Waals surface area contributed by atoms with Crippen molar-refractivity contribution in [2.75, 3.05) is 33.2 Å². The fraction of sp³-hybridized carbons (Fsp3) is 0.375. The van der Waals surface area contributed by atoms with Crippen LogP contribution >= 0.6 is 0 Å². The van der Waals surface area contributed by atoms with Crippen LogP contribution in [-0.4, -0.2) is 48.9 Å². The van der Waals surface area contributed by atoms with Crippen LogP contribution in [0.15, 0.2) is 54.1 Å². The Morgan fingerprint density at radius 1 is 1.00 bits per heavy atom. The van der Waals surface area contributed by atoms with E-state index >= 15 is 0 Å². The first kappa shape index (κ1) is 16.8. The molecule has 3 aliphatic rings. The summed E-state index contributed by atoms with van der Waals surface area (Å²) in [6, 6.07) is 13.1. The lowest BCUT2D eigenvalue weighted by Gasteiger charge is -2.37. The molecule has 1 aliphatic heterocycles. The van der Waals surface area contributed by atoms with Crippen molar-refractivity contribution >= 4 is 22.3 Å². The Bertz CT molecular complexity index is 964. The highest BCUT2D eigenvalue weighted by Gasteiger charge is 2.33. The smallest absolute Gasteiger partial charge is 0.230 e. The largest absolute Gasteiger partial charge is 0.340 e. The van der Waals surface area contributed by atoms with Gasteiger partial charge in [0.05, 0.1) is 5.92 Å². The van der Waals surface area contributed by atoms with Crippen molar-refractivity contribution in [2.45, 2.75) is 19.3 Å². The quantitative estimate of drug-likeness (QED) is 0.772. The van der Waals surface area contributed by atoms with Gasteiger partial charge in [-0.05, 0) is 59.4 Å². The van der Waals surface area contributed by atoms with Crippen LogP contribution < -0.4 is 0 Å². The highest BCUT2D eigenvalue weighted by molar-refractivity contribution is 5.96. The number of benzene rings is 2. The maximum absolute atomic E-state index is 13.3. The normalized spacial score (nSPS) is 22.7. The van der Waals surface area contributed by atoms with E-state index in [1.807, 2.05) is 0 Å². The SMILES string of the molecule is CN1CCN(C(=O)C2CC=CC3=C2CCc2c3ccc3ccccc23)CC1. The minimum absolute atomic E-state index is 0.0352. The van der Waals surface area contributed by atoms with Crippen molar-refractivity contribution in [1.29, 1.82) is 0 Å². The molecule has 1 amide bonds. The van der Waals surface area contributed by atoms with Crippen LogP contribution in [0.25, 0.3) is 16.3 Å². The average Bonchev–Trinajstić information content (AvgIpc) is 2.73. The minimum Gasteiger partial charge on any atom is -0.340 e. The Morgan fingerprint density at radius 2 is 1.81 bits per heavy atom. The zero-order valence-electron chi connectivity index (χ0n) is 15.9. The summed E-state index contributed by atoms with van der Waals surface area (Å²) >= 11 is 0. The van der Waals surface area contributed by atoms with E-state index in [2.05, 4.69) is 65.4 Å². The summed E-state index contributed by atoms with van der Waals surface area (Å²) in [6.07, 6.45) is 7.37. The molecule has 2 aliphatic carbocycles. The molecular weight excluding hydrogens is 332 g/mol. The highest BCUT2D eigenvalue weighted by Crippen LogP contribution is 2.42. The first-order valence-corrected chi connectivity index (χ1v) is 10.1. The molecule has 0 N–H and O–H groups in total. The topological polar surface area (TPSA) is 23.6 Å². The zero-order chi connectivity index (χ0) is 18.4. The highest BCUT2D eigenvalue weighted by atomic mass is 16.2. The lowest BCUT2D eigenvalue weighted by molar-refractivity contribution is -0.135. The number of allylic oxidation sites excluding steroid dienone is 3. The number of likely N-dealkylation sites (N-methyl/N-ethyl adjacent to an activating group) is 1. The van der Waals surface area contributed by atoms with Gasteiger partial charge >= 0.3 is 0 Å². The van der Waals surface area contributed by atoms with Crippen LogP contribution in [-0.2, 0) is 11.2 Å². The van der Waals surface area contributed by atoms with Gasteiger partial charge in [0.2, 0.25) is 5.91 Å². The summed E-state index contributed by atoms with van der Waals surface area (Å²) in [7, 11) is 2.13. The molecule has 2 aromatic carbocycles. The van der Waals surface area contributed by atoms with E-state index in [1.165, 1.54) is 33.0 Å². The summed E-state index contributed by atoms with van der Waals surface area (Å²) in [5, 5.41) is 2.67. The zero-order valence-corrected chi connectivity index (χ0v) is 15.9. The van der Waals surface area contributed by atoms with Crippen molar-refractivity contribution in [3.8, 4) is 0 Å². The van der Waals surface area contributed by atoms with E-state index in [4.69, 9.17) is 0 Å². The third-order valence-corrected chi connectivity index (χ3v) is 6.51. The average molecular weight is 358 g/mol. The Morgan fingerprint density at radius 3 is 2.67 bits per heavy atom. The fourth-order valence-electron chi connectivity index (χ4n) is 4.95. The molecule has 1 unspecified atom stereocenters. The second-order valence-corrected chi connectivity index (χ2v) is 8.07. The number of nitrogens with zero attached hydrogens (tertiary/aromatic N) is 2. The van der Waals surface area contributed by atoms with Gasteiger partial charge in [-0.3, -0.25) is 4.79 Å². The van der Waals surface area contributed by atoms with Crippen molar-refractivity contribution in [3.05, 3.63) is 65.3 Å². The second kappa shape index (κ2) is 6.65. The van der Waals surface area contributed by atoms with Gasteiger partial charge in [0.1, 0.15) is 0 Å². The number of carbonyl (C=O) groups is 1. The molecule has 1 saturated heterocycles. The van der Waals surface area contributed by atoms with Crippen LogP contribution in [0.4, 0.5) is 0 Å². The van der Waals surface area contributed by atoms with E-state index in [0.717, 1.165) is 45.4 Å². The van der Waals surface area contributed by atoms with Gasteiger partial charge in [-0.1, -0.05) is 48.6 Å². The molecule has 27 heavy (non-hydrogen) atoms. The molecule has 0 aromatic heterocycles.